The van der Waals surface area contributed by atoms with Crippen molar-refractivity contribution in [2.75, 3.05) is 44.9 Å². The summed E-state index contributed by atoms with van der Waals surface area (Å²) in [5.74, 6) is 2.22. The highest BCUT2D eigenvalue weighted by Gasteiger charge is 1.98. The minimum absolute atomic E-state index is 0.0311. The third-order valence-corrected chi connectivity index (χ3v) is 2.44. The van der Waals surface area contributed by atoms with Crippen LogP contribution >= 0.6 is 11.8 Å². The van der Waals surface area contributed by atoms with Gasteiger partial charge in [-0.05, 0) is 5.75 Å². The molecule has 0 radical (unpaired) electrons. The largest absolute Gasteiger partial charge is 0.383 e. The van der Waals surface area contributed by atoms with Crippen molar-refractivity contribution in [3.8, 4) is 0 Å². The third-order valence-electron chi connectivity index (χ3n) is 1.54. The molecule has 0 saturated carbocycles. The van der Waals surface area contributed by atoms with E-state index in [9.17, 15) is 4.79 Å². The normalized spacial score (nSPS) is 10.1. The van der Waals surface area contributed by atoms with Crippen molar-refractivity contribution in [1.82, 2.24) is 10.6 Å². The Kier molecular flexibility index (Phi) is 10.6. The SMILES string of the molecule is CCSCCNCC(=O)NCCOC. The maximum absolute atomic E-state index is 11.1. The van der Waals surface area contributed by atoms with Crippen LogP contribution in [0.4, 0.5) is 0 Å². The molecule has 14 heavy (non-hydrogen) atoms. The maximum Gasteiger partial charge on any atom is 0.234 e. The summed E-state index contributed by atoms with van der Waals surface area (Å²) in [6.45, 7) is 4.56. The van der Waals surface area contributed by atoms with E-state index >= 15 is 0 Å². The number of carbonyl (C=O) groups excluding carboxylic acids is 1. The molecule has 0 atom stereocenters. The molecule has 84 valence electrons. The summed E-state index contributed by atoms with van der Waals surface area (Å²) in [7, 11) is 1.62. The van der Waals surface area contributed by atoms with Gasteiger partial charge in [-0.15, -0.1) is 0 Å². The van der Waals surface area contributed by atoms with Crippen LogP contribution in [0.2, 0.25) is 0 Å². The van der Waals surface area contributed by atoms with Gasteiger partial charge in [-0.2, -0.15) is 11.8 Å². The minimum Gasteiger partial charge on any atom is -0.383 e. The molecule has 0 aromatic carbocycles. The zero-order chi connectivity index (χ0) is 10.6. The van der Waals surface area contributed by atoms with Crippen molar-refractivity contribution in [1.29, 1.82) is 0 Å². The number of carbonyl (C=O) groups is 1. The van der Waals surface area contributed by atoms with E-state index in [1.807, 2.05) is 11.8 Å². The second kappa shape index (κ2) is 10.8. The fourth-order valence-corrected chi connectivity index (χ4v) is 1.42. The van der Waals surface area contributed by atoms with Crippen LogP contribution in [0.15, 0.2) is 0 Å². The van der Waals surface area contributed by atoms with Crippen LogP contribution in [0.25, 0.3) is 0 Å². The first-order valence-electron chi connectivity index (χ1n) is 4.85. The van der Waals surface area contributed by atoms with E-state index < -0.39 is 0 Å². The lowest BCUT2D eigenvalue weighted by Crippen LogP contribution is -2.36. The van der Waals surface area contributed by atoms with Crippen LogP contribution in [0, 0.1) is 0 Å². The van der Waals surface area contributed by atoms with E-state index in [4.69, 9.17) is 4.74 Å². The summed E-state index contributed by atoms with van der Waals surface area (Å²) < 4.78 is 4.81. The van der Waals surface area contributed by atoms with Gasteiger partial charge < -0.3 is 15.4 Å². The Bertz CT molecular complexity index is 145. The average Bonchev–Trinajstić information content (AvgIpc) is 2.18. The van der Waals surface area contributed by atoms with E-state index in [2.05, 4.69) is 17.6 Å². The molecule has 0 bridgehead atoms. The monoisotopic (exact) mass is 220 g/mol. The molecule has 0 aromatic rings. The third kappa shape index (κ3) is 9.83. The molecule has 0 aliphatic rings. The molecular formula is C9H20N2O2S. The first kappa shape index (κ1) is 13.7. The Labute approximate surface area is 90.2 Å². The molecular weight excluding hydrogens is 200 g/mol. The van der Waals surface area contributed by atoms with Gasteiger partial charge in [-0.25, -0.2) is 0 Å². The molecule has 0 aromatic heterocycles. The molecule has 0 rings (SSSR count). The number of thioether (sulfide) groups is 1. The van der Waals surface area contributed by atoms with Gasteiger partial charge in [0, 0.05) is 26.0 Å². The van der Waals surface area contributed by atoms with Gasteiger partial charge in [-0.1, -0.05) is 6.92 Å². The number of ether oxygens (including phenoxy) is 1. The quantitative estimate of drug-likeness (QED) is 0.541. The van der Waals surface area contributed by atoms with Crippen molar-refractivity contribution in [2.24, 2.45) is 0 Å². The van der Waals surface area contributed by atoms with Crippen LogP contribution in [-0.2, 0) is 9.53 Å². The molecule has 0 unspecified atom stereocenters. The fraction of sp³-hybridized carbons (Fsp3) is 0.889. The van der Waals surface area contributed by atoms with E-state index in [0.717, 1.165) is 18.1 Å². The van der Waals surface area contributed by atoms with Gasteiger partial charge in [0.15, 0.2) is 0 Å². The van der Waals surface area contributed by atoms with Crippen molar-refractivity contribution in [2.45, 2.75) is 6.92 Å². The van der Waals surface area contributed by atoms with E-state index in [0.29, 0.717) is 19.7 Å². The Hall–Kier alpha value is -0.260. The molecule has 4 nitrogen and oxygen atoms in total. The number of rotatable bonds is 9. The summed E-state index contributed by atoms with van der Waals surface area (Å²) in [4.78, 5) is 11.1. The molecule has 2 N–H and O–H groups in total. The standard InChI is InChI=1S/C9H20N2O2S/c1-3-14-7-5-10-8-9(12)11-4-6-13-2/h10H,3-8H2,1-2H3,(H,11,12). The number of hydrogen-bond donors (Lipinski definition) is 2. The summed E-state index contributed by atoms with van der Waals surface area (Å²) in [6, 6.07) is 0. The highest BCUT2D eigenvalue weighted by molar-refractivity contribution is 7.99. The summed E-state index contributed by atoms with van der Waals surface area (Å²) >= 11 is 1.87. The number of amides is 1. The lowest BCUT2D eigenvalue weighted by molar-refractivity contribution is -0.120. The second-order valence-electron chi connectivity index (χ2n) is 2.72. The van der Waals surface area contributed by atoms with Crippen molar-refractivity contribution in [3.05, 3.63) is 0 Å². The lowest BCUT2D eigenvalue weighted by atomic mass is 10.5. The van der Waals surface area contributed by atoms with Gasteiger partial charge >= 0.3 is 0 Å². The van der Waals surface area contributed by atoms with Gasteiger partial charge in [-0.3, -0.25) is 4.79 Å². The Balaban J connectivity index is 3.10. The van der Waals surface area contributed by atoms with E-state index in [1.165, 1.54) is 0 Å². The lowest BCUT2D eigenvalue weighted by Gasteiger charge is -2.05. The molecule has 0 spiro atoms. The van der Waals surface area contributed by atoms with Crippen molar-refractivity contribution in [3.63, 3.8) is 0 Å². The number of hydrogen-bond acceptors (Lipinski definition) is 4. The van der Waals surface area contributed by atoms with Gasteiger partial charge in [0.1, 0.15) is 0 Å². The number of methoxy groups -OCH3 is 1. The smallest absolute Gasteiger partial charge is 0.234 e. The second-order valence-corrected chi connectivity index (χ2v) is 4.11. The Morgan fingerprint density at radius 1 is 1.43 bits per heavy atom. The number of nitrogens with one attached hydrogen (secondary N) is 2. The van der Waals surface area contributed by atoms with Crippen LogP contribution in [0.1, 0.15) is 6.92 Å². The van der Waals surface area contributed by atoms with Crippen LogP contribution in [-0.4, -0.2) is 50.8 Å². The van der Waals surface area contributed by atoms with Gasteiger partial charge in [0.25, 0.3) is 0 Å². The zero-order valence-corrected chi connectivity index (χ0v) is 9.78. The maximum atomic E-state index is 11.1. The molecule has 0 aliphatic heterocycles. The van der Waals surface area contributed by atoms with Crippen molar-refractivity contribution < 1.29 is 9.53 Å². The van der Waals surface area contributed by atoms with Crippen LogP contribution in [0.3, 0.4) is 0 Å². The first-order valence-corrected chi connectivity index (χ1v) is 6.00. The highest BCUT2D eigenvalue weighted by Crippen LogP contribution is 1.94. The average molecular weight is 220 g/mol. The summed E-state index contributed by atoms with van der Waals surface area (Å²) in [5, 5.41) is 5.81. The molecule has 0 heterocycles. The molecule has 0 saturated heterocycles. The minimum atomic E-state index is 0.0311. The first-order chi connectivity index (χ1) is 6.81. The van der Waals surface area contributed by atoms with Crippen LogP contribution in [0.5, 0.6) is 0 Å². The summed E-state index contributed by atoms with van der Waals surface area (Å²) in [6.07, 6.45) is 0. The molecule has 5 heteroatoms. The molecule has 0 aliphatic carbocycles. The topological polar surface area (TPSA) is 50.4 Å². The highest BCUT2D eigenvalue weighted by atomic mass is 32.2. The Morgan fingerprint density at radius 3 is 2.86 bits per heavy atom. The predicted molar refractivity (Wildman–Crippen MR) is 60.8 cm³/mol. The van der Waals surface area contributed by atoms with Crippen LogP contribution < -0.4 is 10.6 Å². The molecule has 1 amide bonds. The molecule has 0 fully saturated rings. The fourth-order valence-electron chi connectivity index (χ4n) is 0.846. The van der Waals surface area contributed by atoms with Gasteiger partial charge in [0.2, 0.25) is 5.91 Å². The zero-order valence-electron chi connectivity index (χ0n) is 8.97. The predicted octanol–water partition coefficient (Wildman–Crippen LogP) is 0.0917. The van der Waals surface area contributed by atoms with Crippen molar-refractivity contribution >= 4 is 17.7 Å². The summed E-state index contributed by atoms with van der Waals surface area (Å²) in [5.41, 5.74) is 0. The van der Waals surface area contributed by atoms with E-state index in [1.54, 1.807) is 7.11 Å². The Morgan fingerprint density at radius 2 is 2.21 bits per heavy atom. The van der Waals surface area contributed by atoms with Gasteiger partial charge in [0.05, 0.1) is 13.2 Å². The van der Waals surface area contributed by atoms with E-state index in [-0.39, 0.29) is 5.91 Å².